The molecule has 0 bridgehead atoms. The normalized spacial score (nSPS) is 18.3. The first-order valence-electron chi connectivity index (χ1n) is 6.50. The molecule has 2 aromatic rings. The van der Waals surface area contributed by atoms with Crippen molar-refractivity contribution in [1.29, 1.82) is 5.41 Å². The average molecular weight is 269 g/mol. The zero-order valence-electron chi connectivity index (χ0n) is 10.9. The van der Waals surface area contributed by atoms with Crippen molar-refractivity contribution in [3.05, 3.63) is 54.5 Å². The number of nitrogens with one attached hydrogen (secondary N) is 2. The molecule has 1 aromatic heterocycles. The first-order valence-corrected chi connectivity index (χ1v) is 6.50. The number of benzene rings is 1. The predicted molar refractivity (Wildman–Crippen MR) is 75.7 cm³/mol. The van der Waals surface area contributed by atoms with Crippen LogP contribution in [0.25, 0.3) is 0 Å². The highest BCUT2D eigenvalue weighted by atomic mass is 16.3. The molecule has 20 heavy (non-hydrogen) atoms. The summed E-state index contributed by atoms with van der Waals surface area (Å²) >= 11 is 0. The molecule has 2 amide bonds. The Bertz CT molecular complexity index is 607. The van der Waals surface area contributed by atoms with E-state index in [0.29, 0.717) is 17.9 Å². The van der Waals surface area contributed by atoms with Gasteiger partial charge in [0.2, 0.25) is 0 Å². The summed E-state index contributed by atoms with van der Waals surface area (Å²) in [6.45, 7) is 0. The third-order valence-electron chi connectivity index (χ3n) is 3.43. The van der Waals surface area contributed by atoms with Crippen molar-refractivity contribution in [1.82, 2.24) is 4.90 Å². The summed E-state index contributed by atoms with van der Waals surface area (Å²) in [6, 6.07) is 11.1. The standard InChI is InChI=1S/C15H15N3O2/c16-14-7-6-13(11-4-2-1-3-5-11)18(14)15(19)17-12-8-9-20-10-12/h1-5,8-10,13,16H,6-7H2,(H,17,19). The van der Waals surface area contributed by atoms with Crippen LogP contribution in [0.3, 0.4) is 0 Å². The smallest absolute Gasteiger partial charge is 0.327 e. The first-order chi connectivity index (χ1) is 9.75. The molecule has 0 saturated carbocycles. The van der Waals surface area contributed by atoms with Crippen molar-refractivity contribution in [3.8, 4) is 0 Å². The Kier molecular flexibility index (Phi) is 3.25. The van der Waals surface area contributed by atoms with Crippen molar-refractivity contribution < 1.29 is 9.21 Å². The minimum Gasteiger partial charge on any atom is -0.470 e. The van der Waals surface area contributed by atoms with Gasteiger partial charge in [-0.15, -0.1) is 0 Å². The summed E-state index contributed by atoms with van der Waals surface area (Å²) in [4.78, 5) is 13.9. The summed E-state index contributed by atoms with van der Waals surface area (Å²) < 4.78 is 4.93. The largest absolute Gasteiger partial charge is 0.470 e. The molecule has 1 fully saturated rings. The molecule has 1 aliphatic rings. The van der Waals surface area contributed by atoms with Gasteiger partial charge in [-0.05, 0) is 12.0 Å². The van der Waals surface area contributed by atoms with Crippen LogP contribution in [-0.4, -0.2) is 16.8 Å². The van der Waals surface area contributed by atoms with Crippen molar-refractivity contribution in [2.45, 2.75) is 18.9 Å². The van der Waals surface area contributed by atoms with Crippen LogP contribution in [0, 0.1) is 5.41 Å². The highest BCUT2D eigenvalue weighted by Crippen LogP contribution is 2.33. The fourth-order valence-corrected chi connectivity index (χ4v) is 2.49. The zero-order valence-corrected chi connectivity index (χ0v) is 10.9. The third-order valence-corrected chi connectivity index (χ3v) is 3.43. The van der Waals surface area contributed by atoms with Crippen LogP contribution in [0.4, 0.5) is 10.5 Å². The van der Waals surface area contributed by atoms with Gasteiger partial charge >= 0.3 is 6.03 Å². The van der Waals surface area contributed by atoms with Crippen LogP contribution >= 0.6 is 0 Å². The molecule has 2 heterocycles. The molecule has 1 unspecified atom stereocenters. The van der Waals surface area contributed by atoms with Gasteiger partial charge in [-0.3, -0.25) is 10.3 Å². The van der Waals surface area contributed by atoms with E-state index < -0.39 is 0 Å². The lowest BCUT2D eigenvalue weighted by Crippen LogP contribution is -2.37. The number of furan rings is 1. The van der Waals surface area contributed by atoms with Crippen LogP contribution in [-0.2, 0) is 0 Å². The SMILES string of the molecule is N=C1CCC(c2ccccc2)N1C(=O)Nc1ccoc1. The lowest BCUT2D eigenvalue weighted by atomic mass is 10.1. The van der Waals surface area contributed by atoms with Crippen LogP contribution in [0.1, 0.15) is 24.4 Å². The molecule has 0 spiro atoms. The molecule has 1 aromatic carbocycles. The molecule has 0 aliphatic carbocycles. The Morgan fingerprint density at radius 2 is 2.10 bits per heavy atom. The minimum absolute atomic E-state index is 0.0735. The maximum atomic E-state index is 12.3. The van der Waals surface area contributed by atoms with E-state index in [4.69, 9.17) is 9.83 Å². The number of rotatable bonds is 2. The molecular formula is C15H15N3O2. The summed E-state index contributed by atoms with van der Waals surface area (Å²) in [5.41, 5.74) is 1.65. The molecule has 3 rings (SSSR count). The van der Waals surface area contributed by atoms with Crippen LogP contribution in [0.15, 0.2) is 53.3 Å². The van der Waals surface area contributed by atoms with E-state index in [9.17, 15) is 4.79 Å². The molecular weight excluding hydrogens is 254 g/mol. The Balaban J connectivity index is 1.82. The van der Waals surface area contributed by atoms with Crippen LogP contribution in [0.5, 0.6) is 0 Å². The monoisotopic (exact) mass is 269 g/mol. The predicted octanol–water partition coefficient (Wildman–Crippen LogP) is 3.63. The summed E-state index contributed by atoms with van der Waals surface area (Å²) in [5.74, 6) is 0.347. The van der Waals surface area contributed by atoms with Gasteiger partial charge in [-0.2, -0.15) is 0 Å². The zero-order chi connectivity index (χ0) is 13.9. The quantitative estimate of drug-likeness (QED) is 0.874. The molecule has 1 saturated heterocycles. The lowest BCUT2D eigenvalue weighted by molar-refractivity contribution is 0.225. The number of amides is 2. The van der Waals surface area contributed by atoms with E-state index in [0.717, 1.165) is 12.0 Å². The van der Waals surface area contributed by atoms with Gasteiger partial charge in [0.05, 0.1) is 18.0 Å². The molecule has 5 heteroatoms. The van der Waals surface area contributed by atoms with E-state index in [2.05, 4.69) is 5.32 Å². The summed E-state index contributed by atoms with van der Waals surface area (Å²) in [7, 11) is 0. The van der Waals surface area contributed by atoms with Gasteiger partial charge in [0.25, 0.3) is 0 Å². The van der Waals surface area contributed by atoms with Gasteiger partial charge in [0.1, 0.15) is 12.1 Å². The van der Waals surface area contributed by atoms with Crippen LogP contribution < -0.4 is 5.32 Å². The Morgan fingerprint density at radius 1 is 1.30 bits per heavy atom. The molecule has 1 aliphatic heterocycles. The fraction of sp³-hybridized carbons (Fsp3) is 0.200. The average Bonchev–Trinajstić information content (AvgIpc) is 3.09. The lowest BCUT2D eigenvalue weighted by Gasteiger charge is -2.24. The number of hydrogen-bond acceptors (Lipinski definition) is 3. The number of carbonyl (C=O) groups excluding carboxylic acids is 1. The van der Waals surface area contributed by atoms with E-state index in [1.807, 2.05) is 30.3 Å². The van der Waals surface area contributed by atoms with Gasteiger partial charge in [-0.1, -0.05) is 30.3 Å². The fourth-order valence-electron chi connectivity index (χ4n) is 2.49. The van der Waals surface area contributed by atoms with Crippen molar-refractivity contribution in [3.63, 3.8) is 0 Å². The Morgan fingerprint density at radius 3 is 2.80 bits per heavy atom. The first kappa shape index (κ1) is 12.5. The van der Waals surface area contributed by atoms with E-state index in [1.165, 1.54) is 17.4 Å². The second-order valence-corrected chi connectivity index (χ2v) is 4.72. The molecule has 0 radical (unpaired) electrons. The van der Waals surface area contributed by atoms with Gasteiger partial charge in [0, 0.05) is 12.5 Å². The van der Waals surface area contributed by atoms with Crippen molar-refractivity contribution in [2.75, 3.05) is 5.32 Å². The number of carbonyl (C=O) groups is 1. The Hall–Kier alpha value is -2.56. The van der Waals surface area contributed by atoms with E-state index in [-0.39, 0.29) is 12.1 Å². The number of urea groups is 1. The van der Waals surface area contributed by atoms with Crippen molar-refractivity contribution >= 4 is 17.6 Å². The van der Waals surface area contributed by atoms with Gasteiger partial charge in [0.15, 0.2) is 0 Å². The second kappa shape index (κ2) is 5.21. The minimum atomic E-state index is -0.289. The maximum absolute atomic E-state index is 12.3. The van der Waals surface area contributed by atoms with Gasteiger partial charge in [-0.25, -0.2) is 4.79 Å². The highest BCUT2D eigenvalue weighted by molar-refractivity contribution is 6.03. The van der Waals surface area contributed by atoms with E-state index in [1.54, 1.807) is 6.07 Å². The topological polar surface area (TPSA) is 69.3 Å². The number of likely N-dealkylation sites (tertiary alicyclic amines) is 1. The summed E-state index contributed by atoms with van der Waals surface area (Å²) in [5, 5.41) is 10.7. The highest BCUT2D eigenvalue weighted by Gasteiger charge is 2.34. The third kappa shape index (κ3) is 2.30. The maximum Gasteiger partial charge on any atom is 0.327 e. The Labute approximate surface area is 116 Å². The molecule has 1 atom stereocenters. The number of hydrogen-bond donors (Lipinski definition) is 2. The van der Waals surface area contributed by atoms with Gasteiger partial charge < -0.3 is 9.73 Å². The summed E-state index contributed by atoms with van der Waals surface area (Å²) in [6.07, 6.45) is 4.36. The van der Waals surface area contributed by atoms with E-state index >= 15 is 0 Å². The van der Waals surface area contributed by atoms with Crippen molar-refractivity contribution in [2.24, 2.45) is 0 Å². The van der Waals surface area contributed by atoms with Crippen LogP contribution in [0.2, 0.25) is 0 Å². The molecule has 102 valence electrons. The number of anilines is 1. The second-order valence-electron chi connectivity index (χ2n) is 4.72. The molecule has 5 nitrogen and oxygen atoms in total. The molecule has 2 N–H and O–H groups in total. The number of amidine groups is 1. The number of nitrogens with zero attached hydrogens (tertiary/aromatic N) is 1.